The molecular weight excluding hydrogens is 210 g/mol. The number of aromatic nitrogens is 2. The molecule has 1 aliphatic carbocycles. The molecule has 4 heteroatoms. The predicted octanol–water partition coefficient (Wildman–Crippen LogP) is 3.12. The van der Waals surface area contributed by atoms with Crippen molar-refractivity contribution < 1.29 is 0 Å². The summed E-state index contributed by atoms with van der Waals surface area (Å²) >= 11 is 5.71. The molecule has 0 bridgehead atoms. The van der Waals surface area contributed by atoms with Crippen LogP contribution in [0.4, 0.5) is 5.95 Å². The van der Waals surface area contributed by atoms with Gasteiger partial charge in [0.1, 0.15) is 0 Å². The van der Waals surface area contributed by atoms with Gasteiger partial charge in [-0.3, -0.25) is 0 Å². The Morgan fingerprint density at radius 2 is 2.07 bits per heavy atom. The molecule has 15 heavy (non-hydrogen) atoms. The quantitative estimate of drug-likeness (QED) is 0.856. The number of nitrogens with one attached hydrogen (secondary N) is 1. The predicted molar refractivity (Wildman–Crippen MR) is 62.1 cm³/mol. The second-order valence-corrected chi connectivity index (χ2v) is 4.72. The van der Waals surface area contributed by atoms with E-state index in [0.717, 1.165) is 6.54 Å². The number of anilines is 1. The number of rotatable bonds is 4. The lowest BCUT2D eigenvalue weighted by molar-refractivity contribution is 0.144. The Labute approximate surface area is 95.3 Å². The highest BCUT2D eigenvalue weighted by Gasteiger charge is 2.34. The molecule has 0 aromatic carbocycles. The summed E-state index contributed by atoms with van der Waals surface area (Å²) in [6, 6.07) is 0. The highest BCUT2D eigenvalue weighted by molar-refractivity contribution is 6.30. The van der Waals surface area contributed by atoms with Crippen LogP contribution in [0.15, 0.2) is 12.4 Å². The maximum atomic E-state index is 5.71. The van der Waals surface area contributed by atoms with Gasteiger partial charge in [0.15, 0.2) is 0 Å². The third-order valence-corrected chi connectivity index (χ3v) is 3.60. The monoisotopic (exact) mass is 225 g/mol. The van der Waals surface area contributed by atoms with Crippen molar-refractivity contribution in [3.63, 3.8) is 0 Å². The lowest BCUT2D eigenvalue weighted by Gasteiger charge is -2.41. The molecule has 1 aromatic heterocycles. The number of hydrogen-bond donors (Lipinski definition) is 1. The zero-order valence-electron chi connectivity index (χ0n) is 8.96. The van der Waals surface area contributed by atoms with Gasteiger partial charge < -0.3 is 5.32 Å². The minimum Gasteiger partial charge on any atom is -0.354 e. The summed E-state index contributed by atoms with van der Waals surface area (Å²) in [4.78, 5) is 8.24. The first kappa shape index (κ1) is 10.7. The molecule has 1 heterocycles. The summed E-state index contributed by atoms with van der Waals surface area (Å²) in [5, 5.41) is 3.86. The first-order chi connectivity index (χ1) is 7.24. The molecule has 3 nitrogen and oxygen atoms in total. The molecule has 1 saturated carbocycles. The topological polar surface area (TPSA) is 37.8 Å². The van der Waals surface area contributed by atoms with Crippen molar-refractivity contribution in [3.05, 3.63) is 17.4 Å². The van der Waals surface area contributed by atoms with E-state index in [2.05, 4.69) is 22.2 Å². The van der Waals surface area contributed by atoms with Gasteiger partial charge in [-0.1, -0.05) is 24.9 Å². The molecule has 1 aromatic rings. The van der Waals surface area contributed by atoms with Crippen molar-refractivity contribution in [2.24, 2.45) is 5.41 Å². The maximum Gasteiger partial charge on any atom is 0.222 e. The van der Waals surface area contributed by atoms with Gasteiger partial charge in [-0.2, -0.15) is 0 Å². The van der Waals surface area contributed by atoms with Crippen LogP contribution in [0.5, 0.6) is 0 Å². The van der Waals surface area contributed by atoms with E-state index in [1.807, 2.05) is 0 Å². The van der Waals surface area contributed by atoms with Gasteiger partial charge in [-0.25, -0.2) is 9.97 Å². The van der Waals surface area contributed by atoms with E-state index in [4.69, 9.17) is 11.6 Å². The van der Waals surface area contributed by atoms with Crippen molar-refractivity contribution in [1.82, 2.24) is 9.97 Å². The minimum atomic E-state index is 0.489. The standard InChI is InChI=1S/C11H16ClN3/c1-2-11(4-3-5-11)8-15-10-13-6-9(12)7-14-10/h6-7H,2-5,8H2,1H3,(H,13,14,15). The first-order valence-corrected chi connectivity index (χ1v) is 5.83. The minimum absolute atomic E-state index is 0.489. The van der Waals surface area contributed by atoms with E-state index in [-0.39, 0.29) is 0 Å². The maximum absolute atomic E-state index is 5.71. The molecule has 0 radical (unpaired) electrons. The third-order valence-electron chi connectivity index (χ3n) is 3.41. The van der Waals surface area contributed by atoms with Crippen LogP contribution in [0, 0.1) is 5.41 Å². The molecule has 0 saturated heterocycles. The molecule has 1 aliphatic rings. The van der Waals surface area contributed by atoms with Crippen LogP contribution in [0.2, 0.25) is 5.02 Å². The van der Waals surface area contributed by atoms with Crippen molar-refractivity contribution in [2.45, 2.75) is 32.6 Å². The summed E-state index contributed by atoms with van der Waals surface area (Å²) in [6.45, 7) is 3.23. The normalized spacial score (nSPS) is 18.3. The highest BCUT2D eigenvalue weighted by Crippen LogP contribution is 2.43. The van der Waals surface area contributed by atoms with Gasteiger partial charge >= 0.3 is 0 Å². The molecule has 82 valence electrons. The van der Waals surface area contributed by atoms with Gasteiger partial charge in [0.2, 0.25) is 5.95 Å². The molecule has 2 rings (SSSR count). The zero-order chi connectivity index (χ0) is 10.7. The van der Waals surface area contributed by atoms with Gasteiger partial charge in [0.05, 0.1) is 17.4 Å². The second-order valence-electron chi connectivity index (χ2n) is 4.29. The number of nitrogens with zero attached hydrogens (tertiary/aromatic N) is 2. The number of halogens is 1. The molecule has 0 aliphatic heterocycles. The summed E-state index contributed by atoms with van der Waals surface area (Å²) in [6.07, 6.45) is 8.48. The number of hydrogen-bond acceptors (Lipinski definition) is 3. The van der Waals surface area contributed by atoms with Crippen molar-refractivity contribution in [1.29, 1.82) is 0 Å². The van der Waals surface area contributed by atoms with Crippen LogP contribution in [-0.4, -0.2) is 16.5 Å². The Balaban J connectivity index is 1.90. The molecule has 0 unspecified atom stereocenters. The average molecular weight is 226 g/mol. The van der Waals surface area contributed by atoms with Crippen LogP contribution in [0.25, 0.3) is 0 Å². The Morgan fingerprint density at radius 3 is 2.53 bits per heavy atom. The van der Waals surface area contributed by atoms with Crippen molar-refractivity contribution >= 4 is 17.5 Å². The van der Waals surface area contributed by atoms with Gasteiger partial charge in [-0.15, -0.1) is 0 Å². The molecule has 0 atom stereocenters. The molecule has 0 spiro atoms. The molecule has 0 amide bonds. The first-order valence-electron chi connectivity index (χ1n) is 5.45. The Morgan fingerprint density at radius 1 is 1.40 bits per heavy atom. The van der Waals surface area contributed by atoms with E-state index in [1.54, 1.807) is 12.4 Å². The van der Waals surface area contributed by atoms with Crippen LogP contribution in [-0.2, 0) is 0 Å². The summed E-state index contributed by atoms with van der Waals surface area (Å²) in [5.41, 5.74) is 0.489. The molecule has 1 fully saturated rings. The van der Waals surface area contributed by atoms with Crippen LogP contribution in [0.3, 0.4) is 0 Å². The largest absolute Gasteiger partial charge is 0.354 e. The fourth-order valence-electron chi connectivity index (χ4n) is 2.00. The van der Waals surface area contributed by atoms with Gasteiger partial charge in [0.25, 0.3) is 0 Å². The Hall–Kier alpha value is -0.830. The van der Waals surface area contributed by atoms with E-state index in [0.29, 0.717) is 16.4 Å². The third kappa shape index (κ3) is 2.40. The zero-order valence-corrected chi connectivity index (χ0v) is 9.72. The fraction of sp³-hybridized carbons (Fsp3) is 0.636. The molecule has 1 N–H and O–H groups in total. The van der Waals surface area contributed by atoms with E-state index < -0.39 is 0 Å². The van der Waals surface area contributed by atoms with Crippen LogP contribution in [0.1, 0.15) is 32.6 Å². The summed E-state index contributed by atoms with van der Waals surface area (Å²) < 4.78 is 0. The van der Waals surface area contributed by atoms with E-state index in [9.17, 15) is 0 Å². The van der Waals surface area contributed by atoms with E-state index in [1.165, 1.54) is 25.7 Å². The fourth-order valence-corrected chi connectivity index (χ4v) is 2.10. The van der Waals surface area contributed by atoms with Gasteiger partial charge in [-0.05, 0) is 24.7 Å². The lowest BCUT2D eigenvalue weighted by Crippen LogP contribution is -2.36. The average Bonchev–Trinajstić information content (AvgIpc) is 2.20. The Kier molecular flexibility index (Phi) is 3.10. The summed E-state index contributed by atoms with van der Waals surface area (Å²) in [5.74, 6) is 0.680. The van der Waals surface area contributed by atoms with Crippen LogP contribution >= 0.6 is 11.6 Å². The molecular formula is C11H16ClN3. The highest BCUT2D eigenvalue weighted by atomic mass is 35.5. The Bertz CT molecular complexity index is 314. The van der Waals surface area contributed by atoms with E-state index >= 15 is 0 Å². The smallest absolute Gasteiger partial charge is 0.222 e. The second kappa shape index (κ2) is 4.35. The van der Waals surface area contributed by atoms with Gasteiger partial charge in [0, 0.05) is 6.54 Å². The van der Waals surface area contributed by atoms with Crippen molar-refractivity contribution in [2.75, 3.05) is 11.9 Å². The summed E-state index contributed by atoms with van der Waals surface area (Å²) in [7, 11) is 0. The van der Waals surface area contributed by atoms with Crippen LogP contribution < -0.4 is 5.32 Å². The van der Waals surface area contributed by atoms with Crippen molar-refractivity contribution in [3.8, 4) is 0 Å². The lowest BCUT2D eigenvalue weighted by atomic mass is 9.67. The SMILES string of the molecule is CCC1(CNc2ncc(Cl)cn2)CCC1.